The fraction of sp³-hybridized carbons (Fsp3) is 0.571. The largest absolute Gasteiger partial charge is 0.381 e. The normalized spacial score (nSPS) is 19.2. The van der Waals surface area contributed by atoms with Gasteiger partial charge in [0, 0.05) is 19.3 Å². The van der Waals surface area contributed by atoms with Gasteiger partial charge in [0.2, 0.25) is 0 Å². The van der Waals surface area contributed by atoms with Crippen LogP contribution in [0.4, 0.5) is 4.39 Å². The van der Waals surface area contributed by atoms with Gasteiger partial charge in [0.15, 0.2) is 0 Å². The quantitative estimate of drug-likeness (QED) is 0.872. The predicted molar refractivity (Wildman–Crippen MR) is 66.5 cm³/mol. The highest BCUT2D eigenvalue weighted by molar-refractivity contribution is 5.26. The zero-order valence-electron chi connectivity index (χ0n) is 10.5. The molecule has 1 heterocycles. The van der Waals surface area contributed by atoms with E-state index in [1.807, 2.05) is 14.0 Å². The average Bonchev–Trinajstić information content (AvgIpc) is 2.30. The van der Waals surface area contributed by atoms with Crippen molar-refractivity contribution in [3.8, 4) is 0 Å². The fourth-order valence-electron chi connectivity index (χ4n) is 2.67. The van der Waals surface area contributed by atoms with Crippen molar-refractivity contribution in [3.63, 3.8) is 0 Å². The summed E-state index contributed by atoms with van der Waals surface area (Å²) in [7, 11) is 1.94. The monoisotopic (exact) mass is 237 g/mol. The highest BCUT2D eigenvalue weighted by Crippen LogP contribution is 2.30. The Morgan fingerprint density at radius 2 is 2.00 bits per heavy atom. The van der Waals surface area contributed by atoms with E-state index >= 15 is 0 Å². The lowest BCUT2D eigenvalue weighted by atomic mass is 9.86. The van der Waals surface area contributed by atoms with Crippen LogP contribution in [0.1, 0.15) is 30.0 Å². The molecular formula is C14H20FNO. The van der Waals surface area contributed by atoms with Crippen LogP contribution in [-0.4, -0.2) is 20.3 Å². The molecular weight excluding hydrogens is 217 g/mol. The number of benzene rings is 1. The van der Waals surface area contributed by atoms with Gasteiger partial charge in [-0.1, -0.05) is 6.07 Å². The third-order valence-corrected chi connectivity index (χ3v) is 3.47. The van der Waals surface area contributed by atoms with Crippen molar-refractivity contribution >= 4 is 0 Å². The van der Waals surface area contributed by atoms with Gasteiger partial charge in [-0.15, -0.1) is 0 Å². The van der Waals surface area contributed by atoms with Crippen molar-refractivity contribution < 1.29 is 9.13 Å². The Balaban J connectivity index is 2.21. The number of rotatable bonds is 3. The molecule has 1 aliphatic heterocycles. The van der Waals surface area contributed by atoms with Gasteiger partial charge in [0.05, 0.1) is 0 Å². The van der Waals surface area contributed by atoms with Crippen molar-refractivity contribution in [3.05, 3.63) is 35.1 Å². The van der Waals surface area contributed by atoms with Crippen LogP contribution in [0.3, 0.4) is 0 Å². The molecule has 1 saturated heterocycles. The lowest BCUT2D eigenvalue weighted by Crippen LogP contribution is -2.30. The van der Waals surface area contributed by atoms with Crippen molar-refractivity contribution in [2.24, 2.45) is 5.92 Å². The average molecular weight is 237 g/mol. The van der Waals surface area contributed by atoms with Gasteiger partial charge in [-0.05, 0) is 56.0 Å². The van der Waals surface area contributed by atoms with E-state index in [1.165, 1.54) is 0 Å². The molecule has 1 atom stereocenters. The molecule has 0 aromatic heterocycles. The molecule has 3 heteroatoms. The highest BCUT2D eigenvalue weighted by Gasteiger charge is 2.24. The van der Waals surface area contributed by atoms with Crippen molar-refractivity contribution in [2.45, 2.75) is 25.8 Å². The van der Waals surface area contributed by atoms with Crippen LogP contribution >= 0.6 is 0 Å². The number of ether oxygens (including phenoxy) is 1. The Bertz CT molecular complexity index is 354. The van der Waals surface area contributed by atoms with Gasteiger partial charge in [-0.25, -0.2) is 4.39 Å². The first kappa shape index (κ1) is 12.5. The van der Waals surface area contributed by atoms with Crippen LogP contribution in [-0.2, 0) is 4.74 Å². The van der Waals surface area contributed by atoms with E-state index in [-0.39, 0.29) is 11.9 Å². The summed E-state index contributed by atoms with van der Waals surface area (Å²) < 4.78 is 18.8. The summed E-state index contributed by atoms with van der Waals surface area (Å²) in [6.07, 6.45) is 2.09. The number of nitrogens with one attached hydrogen (secondary N) is 1. The second-order valence-corrected chi connectivity index (χ2v) is 4.78. The van der Waals surface area contributed by atoms with Crippen LogP contribution in [0.5, 0.6) is 0 Å². The van der Waals surface area contributed by atoms with E-state index in [4.69, 9.17) is 4.74 Å². The third-order valence-electron chi connectivity index (χ3n) is 3.47. The van der Waals surface area contributed by atoms with E-state index in [2.05, 4.69) is 11.4 Å². The van der Waals surface area contributed by atoms with Crippen molar-refractivity contribution in [1.29, 1.82) is 0 Å². The van der Waals surface area contributed by atoms with Crippen LogP contribution in [0.25, 0.3) is 0 Å². The molecule has 2 nitrogen and oxygen atoms in total. The Morgan fingerprint density at radius 1 is 1.29 bits per heavy atom. The molecule has 1 N–H and O–H groups in total. The van der Waals surface area contributed by atoms with Crippen LogP contribution in [0.15, 0.2) is 18.2 Å². The van der Waals surface area contributed by atoms with Crippen molar-refractivity contribution in [1.82, 2.24) is 5.32 Å². The molecule has 1 aromatic rings. The van der Waals surface area contributed by atoms with E-state index in [9.17, 15) is 4.39 Å². The molecule has 17 heavy (non-hydrogen) atoms. The van der Waals surface area contributed by atoms with Crippen molar-refractivity contribution in [2.75, 3.05) is 20.3 Å². The highest BCUT2D eigenvalue weighted by atomic mass is 19.1. The lowest BCUT2D eigenvalue weighted by Gasteiger charge is -2.30. The van der Waals surface area contributed by atoms with Gasteiger partial charge in [-0.2, -0.15) is 0 Å². The number of hydrogen-bond acceptors (Lipinski definition) is 2. The number of hydrogen-bond donors (Lipinski definition) is 1. The maximum atomic E-state index is 13.4. The van der Waals surface area contributed by atoms with E-state index in [1.54, 1.807) is 12.1 Å². The predicted octanol–water partition coefficient (Wildman–Crippen LogP) is 2.82. The van der Waals surface area contributed by atoms with Gasteiger partial charge in [-0.3, -0.25) is 0 Å². The molecule has 94 valence electrons. The number of halogens is 1. The summed E-state index contributed by atoms with van der Waals surface area (Å²) in [5.41, 5.74) is 2.03. The maximum absolute atomic E-state index is 13.4. The minimum absolute atomic E-state index is 0.146. The summed E-state index contributed by atoms with van der Waals surface area (Å²) in [5, 5.41) is 3.32. The van der Waals surface area contributed by atoms with Gasteiger partial charge >= 0.3 is 0 Å². The molecule has 0 amide bonds. The summed E-state index contributed by atoms with van der Waals surface area (Å²) in [6.45, 7) is 3.57. The standard InChI is InChI=1S/C14H20FNO/c1-10-7-12(9-13(15)8-10)14(16-2)11-3-5-17-6-4-11/h7-9,11,14,16H,3-6H2,1-2H3. The second-order valence-electron chi connectivity index (χ2n) is 4.78. The molecule has 1 aromatic carbocycles. The summed E-state index contributed by atoms with van der Waals surface area (Å²) in [5.74, 6) is 0.391. The molecule has 0 radical (unpaired) electrons. The Labute approximate surface area is 102 Å². The Kier molecular flexibility index (Phi) is 4.13. The summed E-state index contributed by atoms with van der Waals surface area (Å²) in [6, 6.07) is 5.51. The van der Waals surface area contributed by atoms with E-state index in [0.717, 1.165) is 37.2 Å². The topological polar surface area (TPSA) is 21.3 Å². The Hall–Kier alpha value is -0.930. The fourth-order valence-corrected chi connectivity index (χ4v) is 2.67. The lowest BCUT2D eigenvalue weighted by molar-refractivity contribution is 0.0546. The zero-order chi connectivity index (χ0) is 12.3. The van der Waals surface area contributed by atoms with Gasteiger partial charge < -0.3 is 10.1 Å². The van der Waals surface area contributed by atoms with Gasteiger partial charge in [0.1, 0.15) is 5.82 Å². The van der Waals surface area contributed by atoms with E-state index < -0.39 is 0 Å². The third kappa shape index (κ3) is 3.05. The van der Waals surface area contributed by atoms with Crippen LogP contribution in [0.2, 0.25) is 0 Å². The number of aryl methyl sites for hydroxylation is 1. The molecule has 0 aliphatic carbocycles. The molecule has 0 spiro atoms. The first-order valence-electron chi connectivity index (χ1n) is 6.23. The molecule has 2 rings (SSSR count). The molecule has 0 saturated carbocycles. The first-order valence-corrected chi connectivity index (χ1v) is 6.23. The second kappa shape index (κ2) is 5.61. The van der Waals surface area contributed by atoms with E-state index in [0.29, 0.717) is 5.92 Å². The maximum Gasteiger partial charge on any atom is 0.123 e. The van der Waals surface area contributed by atoms with Crippen LogP contribution in [0, 0.1) is 18.7 Å². The first-order chi connectivity index (χ1) is 8.20. The molecule has 1 fully saturated rings. The van der Waals surface area contributed by atoms with Gasteiger partial charge in [0.25, 0.3) is 0 Å². The summed E-state index contributed by atoms with van der Waals surface area (Å²) >= 11 is 0. The molecule has 0 bridgehead atoms. The minimum Gasteiger partial charge on any atom is -0.381 e. The summed E-state index contributed by atoms with van der Waals surface area (Å²) in [4.78, 5) is 0. The smallest absolute Gasteiger partial charge is 0.123 e. The molecule has 1 unspecified atom stereocenters. The molecule has 1 aliphatic rings. The SMILES string of the molecule is CNC(c1cc(C)cc(F)c1)C1CCOCC1. The minimum atomic E-state index is -0.146. The zero-order valence-corrected chi connectivity index (χ0v) is 10.5. The Morgan fingerprint density at radius 3 is 2.59 bits per heavy atom. The van der Waals surface area contributed by atoms with Crippen LogP contribution < -0.4 is 5.32 Å².